The minimum Gasteiger partial charge on any atom is -0.550 e. The van der Waals surface area contributed by atoms with Crippen molar-refractivity contribution >= 4 is 11.9 Å². The maximum Gasteiger partial charge on any atom is 0.224 e. The van der Waals surface area contributed by atoms with E-state index in [9.17, 15) is 14.7 Å². The second-order valence-corrected chi connectivity index (χ2v) is 6.95. The highest BCUT2D eigenvalue weighted by molar-refractivity contribution is 5.79. The van der Waals surface area contributed by atoms with E-state index in [0.29, 0.717) is 0 Å². The predicted molar refractivity (Wildman–Crippen MR) is 100.0 cm³/mol. The number of carboxylic acids is 1. The van der Waals surface area contributed by atoms with Crippen LogP contribution in [0.25, 0.3) is 0 Å². The van der Waals surface area contributed by atoms with Gasteiger partial charge in [0.1, 0.15) is 5.75 Å². The highest BCUT2D eigenvalue weighted by Crippen LogP contribution is 2.26. The molecule has 1 aliphatic rings. The van der Waals surface area contributed by atoms with E-state index < -0.39 is 12.0 Å². The maximum absolute atomic E-state index is 12.3. The van der Waals surface area contributed by atoms with Crippen molar-refractivity contribution in [2.45, 2.75) is 50.7 Å². The molecule has 1 amide bonds. The molecular formula is C22H24NO4-. The standard InChI is InChI=1S/C22H25NO4/c24-21(14-16-6-2-1-3-7-16)23-20(15-22(25)26)17-10-12-19(13-11-17)27-18-8-4-5-9-18/h1-3,6-7,10-13,18,20H,4-5,8-9,14-15H2,(H,23,24)(H,25,26)/p-1/t20-/m1/s1. The fourth-order valence-corrected chi connectivity index (χ4v) is 3.42. The molecule has 1 N–H and O–H groups in total. The third kappa shape index (κ3) is 5.84. The molecule has 5 heteroatoms. The second-order valence-electron chi connectivity index (χ2n) is 6.95. The van der Waals surface area contributed by atoms with Gasteiger partial charge in [-0.05, 0) is 48.9 Å². The Morgan fingerprint density at radius 2 is 1.70 bits per heavy atom. The van der Waals surface area contributed by atoms with Gasteiger partial charge in [-0.1, -0.05) is 42.5 Å². The Bertz CT molecular complexity index is 752. The highest BCUT2D eigenvalue weighted by atomic mass is 16.5. The lowest BCUT2D eigenvalue weighted by Crippen LogP contribution is -2.35. The minimum atomic E-state index is -1.20. The van der Waals surface area contributed by atoms with E-state index in [1.54, 1.807) is 12.1 Å². The SMILES string of the molecule is O=C([O-])C[C@@H](NC(=O)Cc1ccccc1)c1ccc(OC2CCCC2)cc1. The van der Waals surface area contributed by atoms with E-state index in [0.717, 1.165) is 29.7 Å². The van der Waals surface area contributed by atoms with Gasteiger partial charge in [0.15, 0.2) is 0 Å². The molecule has 1 aliphatic carbocycles. The summed E-state index contributed by atoms with van der Waals surface area (Å²) >= 11 is 0. The molecule has 0 aromatic heterocycles. The molecule has 5 nitrogen and oxygen atoms in total. The second kappa shape index (κ2) is 9.21. The number of rotatable bonds is 8. The predicted octanol–water partition coefficient (Wildman–Crippen LogP) is 2.55. The fourth-order valence-electron chi connectivity index (χ4n) is 3.42. The molecule has 0 aliphatic heterocycles. The monoisotopic (exact) mass is 366 g/mol. The van der Waals surface area contributed by atoms with E-state index in [1.807, 2.05) is 42.5 Å². The summed E-state index contributed by atoms with van der Waals surface area (Å²) in [7, 11) is 0. The third-order valence-electron chi connectivity index (χ3n) is 4.80. The van der Waals surface area contributed by atoms with Gasteiger partial charge in [0.25, 0.3) is 0 Å². The lowest BCUT2D eigenvalue weighted by atomic mass is 10.0. The summed E-state index contributed by atoms with van der Waals surface area (Å²) in [6.45, 7) is 0. The topological polar surface area (TPSA) is 78.5 Å². The van der Waals surface area contributed by atoms with Gasteiger partial charge in [0.2, 0.25) is 5.91 Å². The molecule has 0 bridgehead atoms. The van der Waals surface area contributed by atoms with Crippen LogP contribution in [0, 0.1) is 0 Å². The Kier molecular flexibility index (Phi) is 6.47. The van der Waals surface area contributed by atoms with Crippen molar-refractivity contribution in [1.82, 2.24) is 5.32 Å². The van der Waals surface area contributed by atoms with E-state index in [4.69, 9.17) is 4.74 Å². The first-order valence-corrected chi connectivity index (χ1v) is 9.40. The number of benzene rings is 2. The summed E-state index contributed by atoms with van der Waals surface area (Å²) in [5.74, 6) is -0.654. The zero-order valence-electron chi connectivity index (χ0n) is 15.2. The summed E-state index contributed by atoms with van der Waals surface area (Å²) in [5.41, 5.74) is 1.60. The number of nitrogens with one attached hydrogen (secondary N) is 1. The number of ether oxygens (including phenoxy) is 1. The Morgan fingerprint density at radius 1 is 1.04 bits per heavy atom. The van der Waals surface area contributed by atoms with E-state index in [1.165, 1.54) is 12.8 Å². The van der Waals surface area contributed by atoms with Crippen molar-refractivity contribution in [1.29, 1.82) is 0 Å². The van der Waals surface area contributed by atoms with Gasteiger partial charge in [-0.3, -0.25) is 4.79 Å². The van der Waals surface area contributed by atoms with Gasteiger partial charge in [-0.2, -0.15) is 0 Å². The Labute approximate surface area is 159 Å². The van der Waals surface area contributed by atoms with Crippen LogP contribution in [-0.2, 0) is 16.0 Å². The van der Waals surface area contributed by atoms with Gasteiger partial charge in [0, 0.05) is 12.4 Å². The Morgan fingerprint density at radius 3 is 2.33 bits per heavy atom. The van der Waals surface area contributed by atoms with Gasteiger partial charge in [0.05, 0.1) is 18.6 Å². The van der Waals surface area contributed by atoms with E-state index in [2.05, 4.69) is 5.32 Å². The number of amides is 1. The summed E-state index contributed by atoms with van der Waals surface area (Å²) in [4.78, 5) is 23.5. The van der Waals surface area contributed by atoms with Crippen LogP contribution in [0.4, 0.5) is 0 Å². The maximum atomic E-state index is 12.3. The summed E-state index contributed by atoms with van der Waals surface area (Å²) in [6.07, 6.45) is 4.74. The minimum absolute atomic E-state index is 0.202. The molecule has 0 spiro atoms. The molecule has 2 aromatic carbocycles. The zero-order valence-corrected chi connectivity index (χ0v) is 15.2. The van der Waals surface area contributed by atoms with Crippen molar-refractivity contribution < 1.29 is 19.4 Å². The molecular weight excluding hydrogens is 342 g/mol. The van der Waals surface area contributed by atoms with Crippen LogP contribution in [0.5, 0.6) is 5.75 Å². The van der Waals surface area contributed by atoms with Gasteiger partial charge < -0.3 is 20.0 Å². The van der Waals surface area contributed by atoms with E-state index in [-0.39, 0.29) is 24.9 Å². The molecule has 1 saturated carbocycles. The third-order valence-corrected chi connectivity index (χ3v) is 4.80. The van der Waals surface area contributed by atoms with Crippen molar-refractivity contribution in [2.75, 3.05) is 0 Å². The summed E-state index contributed by atoms with van der Waals surface area (Å²) in [5, 5.41) is 13.9. The number of hydrogen-bond donors (Lipinski definition) is 1. The molecule has 0 heterocycles. The lowest BCUT2D eigenvalue weighted by molar-refractivity contribution is -0.306. The van der Waals surface area contributed by atoms with Crippen molar-refractivity contribution in [3.05, 3.63) is 65.7 Å². The Hall–Kier alpha value is -2.82. The summed E-state index contributed by atoms with van der Waals surface area (Å²) < 4.78 is 5.94. The number of carboxylic acid groups (broad SMARTS) is 1. The van der Waals surface area contributed by atoms with Crippen LogP contribution in [0.2, 0.25) is 0 Å². The van der Waals surface area contributed by atoms with Crippen LogP contribution >= 0.6 is 0 Å². The molecule has 1 fully saturated rings. The van der Waals surface area contributed by atoms with Crippen LogP contribution in [-0.4, -0.2) is 18.0 Å². The normalized spacial score (nSPS) is 15.3. The molecule has 3 rings (SSSR count). The fraction of sp³-hybridized carbons (Fsp3) is 0.364. The Balaban J connectivity index is 1.64. The zero-order chi connectivity index (χ0) is 19.1. The molecule has 0 radical (unpaired) electrons. The van der Waals surface area contributed by atoms with Gasteiger partial charge in [-0.25, -0.2) is 0 Å². The number of hydrogen-bond acceptors (Lipinski definition) is 4. The largest absolute Gasteiger partial charge is 0.550 e. The molecule has 1 atom stereocenters. The van der Waals surface area contributed by atoms with Crippen LogP contribution in [0.1, 0.15) is 49.3 Å². The quantitative estimate of drug-likeness (QED) is 0.779. The number of carbonyl (C=O) groups excluding carboxylic acids is 2. The van der Waals surface area contributed by atoms with Crippen molar-refractivity contribution in [3.8, 4) is 5.75 Å². The first-order valence-electron chi connectivity index (χ1n) is 9.40. The first-order chi connectivity index (χ1) is 13.1. The molecule has 27 heavy (non-hydrogen) atoms. The average Bonchev–Trinajstić information content (AvgIpc) is 3.15. The molecule has 142 valence electrons. The van der Waals surface area contributed by atoms with Gasteiger partial charge in [-0.15, -0.1) is 0 Å². The van der Waals surface area contributed by atoms with Gasteiger partial charge >= 0.3 is 0 Å². The molecule has 0 unspecified atom stereocenters. The highest BCUT2D eigenvalue weighted by Gasteiger charge is 2.18. The lowest BCUT2D eigenvalue weighted by Gasteiger charge is -2.21. The van der Waals surface area contributed by atoms with Crippen molar-refractivity contribution in [2.24, 2.45) is 0 Å². The molecule has 2 aromatic rings. The molecule has 0 saturated heterocycles. The smallest absolute Gasteiger partial charge is 0.224 e. The van der Waals surface area contributed by atoms with E-state index >= 15 is 0 Å². The van der Waals surface area contributed by atoms with Crippen LogP contribution in [0.3, 0.4) is 0 Å². The first kappa shape index (κ1) is 19.0. The van der Waals surface area contributed by atoms with Crippen LogP contribution < -0.4 is 15.2 Å². The van der Waals surface area contributed by atoms with Crippen molar-refractivity contribution in [3.63, 3.8) is 0 Å². The summed E-state index contributed by atoms with van der Waals surface area (Å²) in [6, 6.07) is 16.0. The number of carbonyl (C=O) groups is 2. The number of aliphatic carboxylic acids is 1. The van der Waals surface area contributed by atoms with Crippen LogP contribution in [0.15, 0.2) is 54.6 Å². The average molecular weight is 366 g/mol.